The number of ether oxygens (including phenoxy) is 2. The van der Waals surface area contributed by atoms with Crippen LogP contribution in [0, 0.1) is 5.92 Å². The Morgan fingerprint density at radius 1 is 1.23 bits per heavy atom. The molecular weight excluding hydrogens is 399 g/mol. The summed E-state index contributed by atoms with van der Waals surface area (Å²) in [4.78, 5) is 19.4. The topological polar surface area (TPSA) is 45.2 Å². The Kier molecular flexibility index (Phi) is 5.71. The van der Waals surface area contributed by atoms with Crippen LogP contribution in [0.4, 0.5) is 13.2 Å². The molecule has 3 fully saturated rings. The summed E-state index contributed by atoms with van der Waals surface area (Å²) in [6.45, 7) is 9.80. The van der Waals surface area contributed by atoms with Crippen LogP contribution >= 0.6 is 0 Å². The Hall–Kier alpha value is -1.84. The number of piperazine rings is 1. The summed E-state index contributed by atoms with van der Waals surface area (Å²) in [5.74, 6) is -0.0670. The van der Waals surface area contributed by atoms with E-state index in [9.17, 15) is 18.0 Å². The number of likely N-dealkylation sites (tertiary alicyclic amines) is 1. The van der Waals surface area contributed by atoms with Crippen LogP contribution in [0.1, 0.15) is 19.4 Å². The molecule has 1 aromatic carbocycles. The third-order valence-corrected chi connectivity index (χ3v) is 6.16. The minimum atomic E-state index is -4.68. The van der Waals surface area contributed by atoms with E-state index < -0.39 is 6.36 Å². The first kappa shape index (κ1) is 21.4. The molecule has 1 aromatic rings. The zero-order valence-electron chi connectivity index (χ0n) is 17.3. The van der Waals surface area contributed by atoms with Gasteiger partial charge in [0.25, 0.3) is 0 Å². The standard InChI is InChI=1S/C21H28F3N3O3/c1-15(2)19(28)26-10-17-11-29-8-7-27(17)20(14-26)12-25(13-20)9-16-3-5-18(6-4-16)30-21(22,23)24/h3-6,15,17H,7-14H2,1-2H3/t17-/m1/s1. The molecule has 0 N–H and O–H groups in total. The van der Waals surface area contributed by atoms with Gasteiger partial charge in [-0.25, -0.2) is 0 Å². The van der Waals surface area contributed by atoms with Crippen LogP contribution < -0.4 is 4.74 Å². The minimum absolute atomic E-state index is 0.0354. The molecule has 3 saturated heterocycles. The van der Waals surface area contributed by atoms with E-state index in [2.05, 4.69) is 14.5 Å². The summed E-state index contributed by atoms with van der Waals surface area (Å²) in [5.41, 5.74) is 0.861. The maximum atomic E-state index is 12.7. The summed E-state index contributed by atoms with van der Waals surface area (Å²) in [6.07, 6.45) is -4.68. The van der Waals surface area contributed by atoms with Crippen LogP contribution in [0.25, 0.3) is 0 Å². The normalized spacial score (nSPS) is 24.6. The summed E-state index contributed by atoms with van der Waals surface area (Å²) in [5, 5.41) is 0. The Morgan fingerprint density at radius 3 is 2.57 bits per heavy atom. The quantitative estimate of drug-likeness (QED) is 0.738. The number of alkyl halides is 3. The predicted molar refractivity (Wildman–Crippen MR) is 104 cm³/mol. The Labute approximate surface area is 174 Å². The van der Waals surface area contributed by atoms with Gasteiger partial charge in [-0.1, -0.05) is 26.0 Å². The number of carbonyl (C=O) groups excluding carboxylic acids is 1. The van der Waals surface area contributed by atoms with Gasteiger partial charge in [-0.3, -0.25) is 14.6 Å². The molecule has 4 rings (SSSR count). The van der Waals surface area contributed by atoms with E-state index in [1.165, 1.54) is 12.1 Å². The first-order valence-electron chi connectivity index (χ1n) is 10.4. The number of rotatable bonds is 4. The summed E-state index contributed by atoms with van der Waals surface area (Å²) < 4.78 is 46.6. The van der Waals surface area contributed by atoms with Gasteiger partial charge >= 0.3 is 6.36 Å². The number of hydrogen-bond donors (Lipinski definition) is 0. The molecule has 1 spiro atoms. The van der Waals surface area contributed by atoms with Gasteiger partial charge in [0.2, 0.25) is 5.91 Å². The second-order valence-electron chi connectivity index (χ2n) is 8.86. The number of hydrogen-bond acceptors (Lipinski definition) is 5. The number of morpholine rings is 1. The fourth-order valence-corrected chi connectivity index (χ4v) is 4.96. The number of fused-ring (bicyclic) bond motifs is 2. The fourth-order valence-electron chi connectivity index (χ4n) is 4.96. The van der Waals surface area contributed by atoms with Crippen molar-refractivity contribution in [2.75, 3.05) is 45.9 Å². The van der Waals surface area contributed by atoms with Crippen molar-refractivity contribution in [2.45, 2.75) is 38.3 Å². The molecule has 30 heavy (non-hydrogen) atoms. The van der Waals surface area contributed by atoms with Gasteiger partial charge in [0.05, 0.1) is 24.8 Å². The second kappa shape index (κ2) is 8.01. The number of halogens is 3. The second-order valence-corrected chi connectivity index (χ2v) is 8.86. The molecule has 3 aliphatic heterocycles. The van der Waals surface area contributed by atoms with Crippen LogP contribution in [0.3, 0.4) is 0 Å². The van der Waals surface area contributed by atoms with Crippen molar-refractivity contribution in [1.82, 2.24) is 14.7 Å². The lowest BCUT2D eigenvalue weighted by Crippen LogP contribution is -2.80. The van der Waals surface area contributed by atoms with Gasteiger partial charge in [-0.15, -0.1) is 13.2 Å². The van der Waals surface area contributed by atoms with E-state index in [-0.39, 0.29) is 29.2 Å². The molecule has 0 unspecified atom stereocenters. The number of amides is 1. The minimum Gasteiger partial charge on any atom is -0.406 e. The van der Waals surface area contributed by atoms with Gasteiger partial charge in [0.15, 0.2) is 0 Å². The van der Waals surface area contributed by atoms with E-state index in [0.29, 0.717) is 26.3 Å². The Balaban J connectivity index is 1.40. The van der Waals surface area contributed by atoms with Crippen LogP contribution in [0.2, 0.25) is 0 Å². The number of benzene rings is 1. The molecule has 3 heterocycles. The van der Waals surface area contributed by atoms with Gasteiger partial charge in [-0.05, 0) is 17.7 Å². The third-order valence-electron chi connectivity index (χ3n) is 6.16. The van der Waals surface area contributed by atoms with Crippen molar-refractivity contribution < 1.29 is 27.4 Å². The summed E-state index contributed by atoms with van der Waals surface area (Å²) in [6, 6.07) is 6.24. The molecule has 1 amide bonds. The van der Waals surface area contributed by atoms with Crippen LogP contribution in [0.15, 0.2) is 24.3 Å². The maximum absolute atomic E-state index is 12.7. The van der Waals surface area contributed by atoms with Gasteiger partial charge in [-0.2, -0.15) is 0 Å². The van der Waals surface area contributed by atoms with E-state index in [4.69, 9.17) is 4.74 Å². The Bertz CT molecular complexity index is 763. The number of nitrogens with zero attached hydrogens (tertiary/aromatic N) is 3. The SMILES string of the molecule is CC(C)C(=O)N1C[C@@H]2COCCN2C2(CN(Cc3ccc(OC(F)(F)F)cc3)C2)C1. The highest BCUT2D eigenvalue weighted by atomic mass is 19.4. The molecular formula is C21H28F3N3O3. The highest BCUT2D eigenvalue weighted by Gasteiger charge is 2.54. The molecule has 0 bridgehead atoms. The highest BCUT2D eigenvalue weighted by Crippen LogP contribution is 2.37. The zero-order valence-corrected chi connectivity index (χ0v) is 17.3. The Morgan fingerprint density at radius 2 is 1.93 bits per heavy atom. The lowest BCUT2D eigenvalue weighted by molar-refractivity contribution is -0.274. The van der Waals surface area contributed by atoms with Crippen LogP contribution in [-0.2, 0) is 16.1 Å². The van der Waals surface area contributed by atoms with Gasteiger partial charge in [0.1, 0.15) is 5.75 Å². The summed E-state index contributed by atoms with van der Waals surface area (Å²) in [7, 11) is 0. The van der Waals surface area contributed by atoms with Crippen molar-refractivity contribution in [3.8, 4) is 5.75 Å². The smallest absolute Gasteiger partial charge is 0.406 e. The molecule has 0 saturated carbocycles. The third kappa shape index (κ3) is 4.43. The van der Waals surface area contributed by atoms with E-state index >= 15 is 0 Å². The largest absolute Gasteiger partial charge is 0.573 e. The average Bonchev–Trinajstić information content (AvgIpc) is 2.66. The van der Waals surface area contributed by atoms with Crippen molar-refractivity contribution >= 4 is 5.91 Å². The first-order chi connectivity index (χ1) is 14.2. The van der Waals surface area contributed by atoms with E-state index in [0.717, 1.165) is 31.7 Å². The average molecular weight is 427 g/mol. The zero-order chi connectivity index (χ0) is 21.5. The fraction of sp³-hybridized carbons (Fsp3) is 0.667. The monoisotopic (exact) mass is 427 g/mol. The van der Waals surface area contributed by atoms with Gasteiger partial charge < -0.3 is 14.4 Å². The van der Waals surface area contributed by atoms with E-state index in [1.807, 2.05) is 18.7 Å². The van der Waals surface area contributed by atoms with Crippen LogP contribution in [0.5, 0.6) is 5.75 Å². The molecule has 6 nitrogen and oxygen atoms in total. The van der Waals surface area contributed by atoms with Crippen molar-refractivity contribution in [2.24, 2.45) is 5.92 Å². The van der Waals surface area contributed by atoms with Crippen molar-refractivity contribution in [3.05, 3.63) is 29.8 Å². The van der Waals surface area contributed by atoms with Crippen LogP contribution in [-0.4, -0.2) is 84.5 Å². The molecule has 0 radical (unpaired) electrons. The molecule has 9 heteroatoms. The van der Waals surface area contributed by atoms with Crippen molar-refractivity contribution in [3.63, 3.8) is 0 Å². The van der Waals surface area contributed by atoms with Gasteiger partial charge in [0, 0.05) is 45.2 Å². The molecule has 3 aliphatic rings. The molecule has 166 valence electrons. The lowest BCUT2D eigenvalue weighted by Gasteiger charge is -2.63. The first-order valence-corrected chi connectivity index (χ1v) is 10.4. The lowest BCUT2D eigenvalue weighted by atomic mass is 9.82. The molecule has 0 aromatic heterocycles. The molecule has 1 atom stereocenters. The maximum Gasteiger partial charge on any atom is 0.573 e. The van der Waals surface area contributed by atoms with Crippen molar-refractivity contribution in [1.29, 1.82) is 0 Å². The molecule has 0 aliphatic carbocycles. The number of carbonyl (C=O) groups is 1. The summed E-state index contributed by atoms with van der Waals surface area (Å²) >= 11 is 0. The predicted octanol–water partition coefficient (Wildman–Crippen LogP) is 2.34. The highest BCUT2D eigenvalue weighted by molar-refractivity contribution is 5.78. The van der Waals surface area contributed by atoms with E-state index in [1.54, 1.807) is 12.1 Å².